The lowest BCUT2D eigenvalue weighted by Crippen LogP contribution is -2.03. The minimum Gasteiger partial charge on any atom is -0.340 e. The fraction of sp³-hybridized carbons (Fsp3) is 0.111. The molecule has 0 atom stereocenters. The summed E-state index contributed by atoms with van der Waals surface area (Å²) in [5.74, 6) is 0. The maximum atomic E-state index is 4.02. The van der Waals surface area contributed by atoms with Crippen LogP contribution in [0.25, 0.3) is 28.0 Å². The van der Waals surface area contributed by atoms with Crippen molar-refractivity contribution in [2.24, 2.45) is 0 Å². The summed E-state index contributed by atoms with van der Waals surface area (Å²) < 4.78 is 2.40. The molecule has 0 saturated carbocycles. The Bertz CT molecular complexity index is 1310. The number of benzene rings is 1. The van der Waals surface area contributed by atoms with E-state index in [2.05, 4.69) is 117 Å². The maximum Gasteiger partial charge on any atom is 0.0571 e. The zero-order valence-electron chi connectivity index (χ0n) is 22.5. The molecule has 1 nitrogen and oxygen atoms in total. The Labute approximate surface area is 224 Å². The largest absolute Gasteiger partial charge is 0.340 e. The maximum absolute atomic E-state index is 4.02. The van der Waals surface area contributed by atoms with Crippen molar-refractivity contribution in [2.45, 2.75) is 27.3 Å². The van der Waals surface area contributed by atoms with E-state index in [1.165, 1.54) is 0 Å². The fourth-order valence-corrected chi connectivity index (χ4v) is 4.33. The Balaban J connectivity index is 3.36. The molecule has 1 aromatic heterocycles. The summed E-state index contributed by atoms with van der Waals surface area (Å²) in [6.07, 6.45) is 30.1. The fourth-order valence-electron chi connectivity index (χ4n) is 4.33. The highest BCUT2D eigenvalue weighted by molar-refractivity contribution is 6.00. The molecule has 0 unspecified atom stereocenters. The van der Waals surface area contributed by atoms with Gasteiger partial charge < -0.3 is 4.57 Å². The normalized spacial score (nSPS) is 13.3. The summed E-state index contributed by atoms with van der Waals surface area (Å²) in [6, 6.07) is 10.6. The van der Waals surface area contributed by atoms with Crippen LogP contribution in [0.4, 0.5) is 0 Å². The van der Waals surface area contributed by atoms with E-state index in [1.807, 2.05) is 44.2 Å². The average Bonchev–Trinajstić information content (AvgIpc) is 3.26. The predicted molar refractivity (Wildman–Crippen MR) is 168 cm³/mol. The summed E-state index contributed by atoms with van der Waals surface area (Å²) in [5, 5.41) is 0. The van der Waals surface area contributed by atoms with Gasteiger partial charge in [0.25, 0.3) is 0 Å². The van der Waals surface area contributed by atoms with Crippen LogP contribution in [0.2, 0.25) is 0 Å². The van der Waals surface area contributed by atoms with Gasteiger partial charge in [-0.05, 0) is 43.1 Å². The minimum atomic E-state index is 0.780. The quantitative estimate of drug-likeness (QED) is 0.249. The van der Waals surface area contributed by atoms with Crippen LogP contribution in [0.5, 0.6) is 0 Å². The summed E-state index contributed by atoms with van der Waals surface area (Å²) in [7, 11) is 0. The van der Waals surface area contributed by atoms with Crippen molar-refractivity contribution >= 4 is 16.7 Å². The molecule has 0 amide bonds. The van der Waals surface area contributed by atoms with Crippen molar-refractivity contribution in [3.8, 4) is 11.3 Å². The first kappa shape index (κ1) is 28.9. The van der Waals surface area contributed by atoms with Crippen molar-refractivity contribution in [3.63, 3.8) is 0 Å². The Hall–Kier alpha value is -4.36. The number of hydrogen-bond donors (Lipinski definition) is 0. The van der Waals surface area contributed by atoms with Crippen LogP contribution >= 0.6 is 0 Å². The lowest BCUT2D eigenvalue weighted by molar-refractivity contribution is 0.766. The lowest BCUT2D eigenvalue weighted by atomic mass is 9.90. The Morgan fingerprint density at radius 1 is 0.676 bits per heavy atom. The Morgan fingerprint density at radius 3 is 1.81 bits per heavy atom. The molecule has 0 aliphatic rings. The van der Waals surface area contributed by atoms with Gasteiger partial charge in [0.05, 0.1) is 11.4 Å². The third kappa shape index (κ3) is 7.08. The van der Waals surface area contributed by atoms with Gasteiger partial charge >= 0.3 is 0 Å². The molecule has 1 heterocycles. The molecule has 0 aliphatic carbocycles. The van der Waals surface area contributed by atoms with E-state index in [9.17, 15) is 0 Å². The van der Waals surface area contributed by atoms with Crippen molar-refractivity contribution in [1.82, 2.24) is 4.57 Å². The first-order chi connectivity index (χ1) is 18.1. The monoisotopic (exact) mass is 485 g/mol. The molecule has 37 heavy (non-hydrogen) atoms. The van der Waals surface area contributed by atoms with Crippen LogP contribution in [-0.4, -0.2) is 4.57 Å². The van der Waals surface area contributed by atoms with Gasteiger partial charge in [-0.3, -0.25) is 0 Å². The summed E-state index contributed by atoms with van der Waals surface area (Å²) in [6.45, 7) is 22.9. The SMILES string of the molecule is C=C/C=C\C(=C/C=C)c1c(C(/C=C\C)=C/C=C\C)c(C(/C=C\C=C)=C/C=C)n(CC)c1-c1ccccc1. The molecule has 1 aromatic carbocycles. The summed E-state index contributed by atoms with van der Waals surface area (Å²) in [5.41, 5.74) is 8.90. The van der Waals surface area contributed by atoms with E-state index in [0.29, 0.717) is 0 Å². The zero-order chi connectivity index (χ0) is 27.0. The van der Waals surface area contributed by atoms with Gasteiger partial charge in [0.15, 0.2) is 0 Å². The standard InChI is InChI=1S/C36H39N/c1-8-15-24-29(21-11-4)33-34(30(22-12-5)25-16-9-2)36(32-27-19-18-20-28-32)37(14-7)35(33)31(23-13-6)26-17-10-3/h8-13,15-28H,2-3,5-6,14H2,1,4,7H3/b15-8-,21-11-,25-16-,26-17-,29-24+,30-22+,31-23+. The third-order valence-corrected chi connectivity index (χ3v) is 5.71. The van der Waals surface area contributed by atoms with Crippen LogP contribution in [-0.2, 0) is 6.54 Å². The number of hydrogen-bond acceptors (Lipinski definition) is 0. The van der Waals surface area contributed by atoms with Crippen LogP contribution in [0, 0.1) is 0 Å². The molecule has 0 N–H and O–H groups in total. The molecular weight excluding hydrogens is 446 g/mol. The summed E-state index contributed by atoms with van der Waals surface area (Å²) in [4.78, 5) is 0. The van der Waals surface area contributed by atoms with Gasteiger partial charge in [0, 0.05) is 17.7 Å². The zero-order valence-corrected chi connectivity index (χ0v) is 22.5. The Morgan fingerprint density at radius 2 is 1.27 bits per heavy atom. The first-order valence-electron chi connectivity index (χ1n) is 12.7. The second-order valence-electron chi connectivity index (χ2n) is 8.11. The first-order valence-corrected chi connectivity index (χ1v) is 12.7. The predicted octanol–water partition coefficient (Wildman–Crippen LogP) is 10.3. The molecule has 2 rings (SSSR count). The molecule has 1 heteroatoms. The lowest BCUT2D eigenvalue weighted by Gasteiger charge is -2.14. The van der Waals surface area contributed by atoms with Gasteiger partial charge in [-0.1, -0.05) is 148 Å². The number of allylic oxidation sites excluding steroid dienone is 18. The van der Waals surface area contributed by atoms with Gasteiger partial charge in [-0.15, -0.1) is 0 Å². The Kier molecular flexibility index (Phi) is 12.2. The van der Waals surface area contributed by atoms with Crippen molar-refractivity contribution < 1.29 is 0 Å². The molecule has 0 spiro atoms. The number of rotatable bonds is 13. The molecule has 188 valence electrons. The number of aromatic nitrogens is 1. The highest BCUT2D eigenvalue weighted by atomic mass is 15.0. The van der Waals surface area contributed by atoms with Gasteiger partial charge in [0.1, 0.15) is 0 Å². The van der Waals surface area contributed by atoms with E-state index in [-0.39, 0.29) is 0 Å². The third-order valence-electron chi connectivity index (χ3n) is 5.71. The van der Waals surface area contributed by atoms with Crippen molar-refractivity contribution in [2.75, 3.05) is 0 Å². The van der Waals surface area contributed by atoms with Crippen LogP contribution in [0.15, 0.2) is 148 Å². The van der Waals surface area contributed by atoms with Gasteiger partial charge in [-0.2, -0.15) is 0 Å². The molecule has 2 aromatic rings. The molecule has 0 bridgehead atoms. The van der Waals surface area contributed by atoms with Crippen LogP contribution in [0.1, 0.15) is 37.6 Å². The van der Waals surface area contributed by atoms with E-state index in [4.69, 9.17) is 0 Å². The smallest absolute Gasteiger partial charge is 0.0571 e. The highest BCUT2D eigenvalue weighted by Gasteiger charge is 2.27. The average molecular weight is 486 g/mol. The van der Waals surface area contributed by atoms with Crippen molar-refractivity contribution in [1.29, 1.82) is 0 Å². The summed E-state index contributed by atoms with van der Waals surface area (Å²) >= 11 is 0. The molecule has 0 saturated heterocycles. The minimum absolute atomic E-state index is 0.780. The van der Waals surface area contributed by atoms with Crippen molar-refractivity contribution in [3.05, 3.63) is 165 Å². The number of nitrogens with zero attached hydrogens (tertiary/aromatic N) is 1. The second kappa shape index (κ2) is 15.6. The highest BCUT2D eigenvalue weighted by Crippen LogP contribution is 2.44. The van der Waals surface area contributed by atoms with Gasteiger partial charge in [-0.25, -0.2) is 0 Å². The van der Waals surface area contributed by atoms with E-state index in [0.717, 1.165) is 51.3 Å². The van der Waals surface area contributed by atoms with E-state index >= 15 is 0 Å². The van der Waals surface area contributed by atoms with E-state index < -0.39 is 0 Å². The van der Waals surface area contributed by atoms with Crippen LogP contribution < -0.4 is 0 Å². The van der Waals surface area contributed by atoms with Crippen LogP contribution in [0.3, 0.4) is 0 Å². The van der Waals surface area contributed by atoms with Gasteiger partial charge in [0.2, 0.25) is 0 Å². The second-order valence-corrected chi connectivity index (χ2v) is 8.11. The molecule has 0 radical (unpaired) electrons. The van der Waals surface area contributed by atoms with E-state index in [1.54, 1.807) is 12.2 Å². The molecular formula is C36H39N. The molecule has 0 aliphatic heterocycles. The molecule has 0 fully saturated rings. The topological polar surface area (TPSA) is 4.93 Å².